The van der Waals surface area contributed by atoms with Gasteiger partial charge in [-0.05, 0) is 55.4 Å². The second-order valence-electron chi connectivity index (χ2n) is 8.70. The summed E-state index contributed by atoms with van der Waals surface area (Å²) in [6.45, 7) is 22.2. The summed E-state index contributed by atoms with van der Waals surface area (Å²) in [5.74, 6) is 2.16. The standard InChI is InChI=1S/C10H14.C8H16O.C7H16O.C2H6.2CH4/c1-9(2)8-10-6-4-3-5-7-10;1-7(2)8-5-3-4-6-9-8;1-4-5-8-6-7(2)3;1-2;;/h3-7,9H,8H2,1-2H3;7-8H,3-6H2,1-2H3;7H,4-6H2,1-3H3;1-2H3;2*1H4. The Morgan fingerprint density at radius 2 is 1.48 bits per heavy atom. The van der Waals surface area contributed by atoms with Crippen molar-refractivity contribution >= 4 is 0 Å². The molecule has 0 aromatic heterocycles. The molecule has 1 aromatic carbocycles. The third kappa shape index (κ3) is 27.1. The van der Waals surface area contributed by atoms with Gasteiger partial charge in [-0.3, -0.25) is 0 Å². The highest BCUT2D eigenvalue weighted by Gasteiger charge is 2.16. The molecule has 2 heteroatoms. The fourth-order valence-corrected chi connectivity index (χ4v) is 2.84. The lowest BCUT2D eigenvalue weighted by Crippen LogP contribution is -2.24. The SMILES string of the molecule is C.C.CC.CC(C)C1CCCCO1.CC(C)Cc1ccccc1.CCCOCC(C)C. The lowest BCUT2D eigenvalue weighted by Gasteiger charge is -2.25. The molecule has 1 saturated heterocycles. The summed E-state index contributed by atoms with van der Waals surface area (Å²) >= 11 is 0. The van der Waals surface area contributed by atoms with Gasteiger partial charge in [0.2, 0.25) is 0 Å². The molecule has 1 atom stereocenters. The molecule has 0 amide bonds. The molecular formula is C29H60O2. The van der Waals surface area contributed by atoms with Gasteiger partial charge in [-0.1, -0.05) is 107 Å². The molecule has 1 fully saturated rings. The minimum Gasteiger partial charge on any atom is -0.381 e. The molecule has 1 aliphatic heterocycles. The fraction of sp³-hybridized carbons (Fsp3) is 0.793. The second-order valence-corrected chi connectivity index (χ2v) is 8.70. The van der Waals surface area contributed by atoms with Crippen LogP contribution in [0.4, 0.5) is 0 Å². The van der Waals surface area contributed by atoms with Crippen molar-refractivity contribution in [2.45, 2.75) is 115 Å². The first-order valence-corrected chi connectivity index (χ1v) is 12.1. The highest BCUT2D eigenvalue weighted by molar-refractivity contribution is 5.14. The normalized spacial score (nSPS) is 14.6. The molecular weight excluding hydrogens is 380 g/mol. The predicted octanol–water partition coefficient (Wildman–Crippen LogP) is 9.46. The zero-order valence-electron chi connectivity index (χ0n) is 21.2. The van der Waals surface area contributed by atoms with E-state index >= 15 is 0 Å². The van der Waals surface area contributed by atoms with E-state index in [9.17, 15) is 0 Å². The average Bonchev–Trinajstić information content (AvgIpc) is 2.71. The molecule has 1 aromatic rings. The molecule has 0 N–H and O–H groups in total. The Morgan fingerprint density at radius 1 is 0.903 bits per heavy atom. The third-order valence-corrected chi connectivity index (χ3v) is 4.24. The van der Waals surface area contributed by atoms with Crippen molar-refractivity contribution in [2.24, 2.45) is 17.8 Å². The molecule has 1 unspecified atom stereocenters. The van der Waals surface area contributed by atoms with Crippen LogP contribution in [0, 0.1) is 17.8 Å². The first-order valence-electron chi connectivity index (χ1n) is 12.1. The van der Waals surface area contributed by atoms with Crippen LogP contribution in [-0.2, 0) is 15.9 Å². The van der Waals surface area contributed by atoms with Crippen LogP contribution in [0.1, 0.15) is 108 Å². The van der Waals surface area contributed by atoms with E-state index in [1.165, 1.54) is 31.2 Å². The summed E-state index contributed by atoms with van der Waals surface area (Å²) in [7, 11) is 0. The summed E-state index contributed by atoms with van der Waals surface area (Å²) in [6, 6.07) is 10.6. The van der Waals surface area contributed by atoms with Crippen molar-refractivity contribution in [3.63, 3.8) is 0 Å². The molecule has 0 bridgehead atoms. The van der Waals surface area contributed by atoms with Crippen molar-refractivity contribution in [1.29, 1.82) is 0 Å². The Balaban J connectivity index is -0.000000165. The number of rotatable bonds is 7. The van der Waals surface area contributed by atoms with Gasteiger partial charge in [0.05, 0.1) is 6.10 Å². The van der Waals surface area contributed by atoms with Crippen LogP contribution in [0.15, 0.2) is 30.3 Å². The predicted molar refractivity (Wildman–Crippen MR) is 144 cm³/mol. The molecule has 2 rings (SSSR count). The van der Waals surface area contributed by atoms with Crippen LogP contribution >= 0.6 is 0 Å². The molecule has 2 nitrogen and oxygen atoms in total. The summed E-state index contributed by atoms with van der Waals surface area (Å²) in [4.78, 5) is 0. The maximum atomic E-state index is 5.54. The van der Waals surface area contributed by atoms with Crippen LogP contribution in [-0.4, -0.2) is 25.9 Å². The van der Waals surface area contributed by atoms with Gasteiger partial charge in [0.15, 0.2) is 0 Å². The van der Waals surface area contributed by atoms with Gasteiger partial charge >= 0.3 is 0 Å². The van der Waals surface area contributed by atoms with Gasteiger partial charge in [0.1, 0.15) is 0 Å². The molecule has 0 radical (unpaired) electrons. The molecule has 1 aliphatic rings. The molecule has 0 saturated carbocycles. The number of ether oxygens (including phenoxy) is 2. The van der Waals surface area contributed by atoms with Crippen molar-refractivity contribution in [3.8, 4) is 0 Å². The Kier molecular flexibility index (Phi) is 32.8. The smallest absolute Gasteiger partial charge is 0.0598 e. The van der Waals surface area contributed by atoms with E-state index in [1.807, 2.05) is 13.8 Å². The van der Waals surface area contributed by atoms with Crippen molar-refractivity contribution < 1.29 is 9.47 Å². The van der Waals surface area contributed by atoms with E-state index < -0.39 is 0 Å². The zero-order chi connectivity index (χ0) is 22.5. The zero-order valence-corrected chi connectivity index (χ0v) is 21.2. The third-order valence-electron chi connectivity index (χ3n) is 4.24. The summed E-state index contributed by atoms with van der Waals surface area (Å²) in [5, 5.41) is 0. The summed E-state index contributed by atoms with van der Waals surface area (Å²) < 4.78 is 10.8. The Labute approximate surface area is 198 Å². The monoisotopic (exact) mass is 440 g/mol. The lowest BCUT2D eigenvalue weighted by atomic mass is 9.99. The van der Waals surface area contributed by atoms with Crippen LogP contribution < -0.4 is 0 Å². The van der Waals surface area contributed by atoms with Crippen molar-refractivity contribution in [1.82, 2.24) is 0 Å². The first-order chi connectivity index (χ1) is 13.9. The van der Waals surface area contributed by atoms with Crippen LogP contribution in [0.3, 0.4) is 0 Å². The molecule has 188 valence electrons. The maximum Gasteiger partial charge on any atom is 0.0598 e. The van der Waals surface area contributed by atoms with Gasteiger partial charge < -0.3 is 9.47 Å². The van der Waals surface area contributed by atoms with E-state index in [1.54, 1.807) is 0 Å². The Morgan fingerprint density at radius 3 is 1.84 bits per heavy atom. The molecule has 1 heterocycles. The Hall–Kier alpha value is -0.860. The van der Waals surface area contributed by atoms with Crippen molar-refractivity contribution in [3.05, 3.63) is 35.9 Å². The first kappa shape index (κ1) is 37.5. The van der Waals surface area contributed by atoms with Gasteiger partial charge in [0, 0.05) is 19.8 Å². The highest BCUT2D eigenvalue weighted by atomic mass is 16.5. The minimum absolute atomic E-state index is 0. The number of benzene rings is 1. The van der Waals surface area contributed by atoms with Gasteiger partial charge in [-0.2, -0.15) is 0 Å². The second kappa shape index (κ2) is 27.2. The summed E-state index contributed by atoms with van der Waals surface area (Å²) in [5.41, 5.74) is 1.44. The highest BCUT2D eigenvalue weighted by Crippen LogP contribution is 2.18. The van der Waals surface area contributed by atoms with Gasteiger partial charge in [-0.15, -0.1) is 0 Å². The quantitative estimate of drug-likeness (QED) is 0.393. The van der Waals surface area contributed by atoms with E-state index in [0.29, 0.717) is 17.9 Å². The topological polar surface area (TPSA) is 18.5 Å². The maximum absolute atomic E-state index is 5.54. The fourth-order valence-electron chi connectivity index (χ4n) is 2.84. The van der Waals surface area contributed by atoms with Gasteiger partial charge in [-0.25, -0.2) is 0 Å². The van der Waals surface area contributed by atoms with E-state index in [-0.39, 0.29) is 14.9 Å². The Bertz CT molecular complexity index is 406. The van der Waals surface area contributed by atoms with Crippen LogP contribution in [0.2, 0.25) is 0 Å². The number of hydrogen-bond donors (Lipinski definition) is 0. The molecule has 0 spiro atoms. The van der Waals surface area contributed by atoms with Crippen LogP contribution in [0.5, 0.6) is 0 Å². The van der Waals surface area contributed by atoms with Gasteiger partial charge in [0.25, 0.3) is 0 Å². The summed E-state index contributed by atoms with van der Waals surface area (Å²) in [6.07, 6.45) is 6.79. The largest absolute Gasteiger partial charge is 0.381 e. The van der Waals surface area contributed by atoms with E-state index in [4.69, 9.17) is 9.47 Å². The molecule has 0 aliphatic carbocycles. The van der Waals surface area contributed by atoms with E-state index in [2.05, 4.69) is 78.8 Å². The number of hydrogen-bond acceptors (Lipinski definition) is 2. The minimum atomic E-state index is 0. The van der Waals surface area contributed by atoms with E-state index in [0.717, 1.165) is 32.2 Å². The molecule has 31 heavy (non-hydrogen) atoms. The average molecular weight is 441 g/mol. The van der Waals surface area contributed by atoms with Crippen LogP contribution in [0.25, 0.3) is 0 Å². The lowest BCUT2D eigenvalue weighted by molar-refractivity contribution is -0.0115. The van der Waals surface area contributed by atoms with Crippen molar-refractivity contribution in [2.75, 3.05) is 19.8 Å².